The zero-order valence-corrected chi connectivity index (χ0v) is 28.3. The van der Waals surface area contributed by atoms with E-state index in [4.69, 9.17) is 9.40 Å². The molecule has 0 saturated heterocycles. The number of hydrogen-bond donors (Lipinski definition) is 0. The van der Waals surface area contributed by atoms with E-state index in [1.165, 1.54) is 11.1 Å². The van der Waals surface area contributed by atoms with Crippen LogP contribution in [0.1, 0.15) is 22.5 Å². The topological polar surface area (TPSA) is 64.7 Å². The molecule has 0 aliphatic rings. The molecular formula is C40H30IrN4O-2. The SMILES string of the molecule is Cc1ccc2cc(-c3cc(-c4[c-]ccc5c4oc4nc(C)ccc45)ncc3C)c(C)cc2n1.[Ir].[c-]1ccccc1-c1ccccn1. The Balaban J connectivity index is 0.000000241. The van der Waals surface area contributed by atoms with Crippen molar-refractivity contribution in [3.8, 4) is 33.6 Å². The van der Waals surface area contributed by atoms with Gasteiger partial charge in [0.15, 0.2) is 0 Å². The minimum Gasteiger partial charge on any atom is -0.486 e. The van der Waals surface area contributed by atoms with Gasteiger partial charge in [-0.1, -0.05) is 35.2 Å². The van der Waals surface area contributed by atoms with E-state index in [2.05, 4.69) is 77.3 Å². The van der Waals surface area contributed by atoms with Crippen LogP contribution in [0.4, 0.5) is 0 Å². The van der Waals surface area contributed by atoms with Gasteiger partial charge in [0.25, 0.3) is 0 Å². The molecule has 227 valence electrons. The Morgan fingerprint density at radius 2 is 1.43 bits per heavy atom. The average Bonchev–Trinajstić information content (AvgIpc) is 3.44. The number of fused-ring (bicyclic) bond motifs is 4. The van der Waals surface area contributed by atoms with Crippen LogP contribution in [0.25, 0.3) is 66.6 Å². The van der Waals surface area contributed by atoms with Crippen LogP contribution in [0.2, 0.25) is 0 Å². The number of rotatable bonds is 3. The molecule has 0 N–H and O–H groups in total. The summed E-state index contributed by atoms with van der Waals surface area (Å²) in [5, 5.41) is 3.16. The first kappa shape index (κ1) is 31.0. The average molecular weight is 775 g/mol. The molecule has 46 heavy (non-hydrogen) atoms. The molecule has 0 aliphatic carbocycles. The summed E-state index contributed by atoms with van der Waals surface area (Å²) in [4.78, 5) is 18.2. The van der Waals surface area contributed by atoms with E-state index < -0.39 is 0 Å². The van der Waals surface area contributed by atoms with Gasteiger partial charge in [0.2, 0.25) is 5.71 Å². The van der Waals surface area contributed by atoms with Gasteiger partial charge in [-0.25, -0.2) is 4.98 Å². The van der Waals surface area contributed by atoms with Crippen molar-refractivity contribution < 1.29 is 24.5 Å². The second-order valence-electron chi connectivity index (χ2n) is 11.2. The monoisotopic (exact) mass is 775 g/mol. The molecule has 3 aromatic carbocycles. The summed E-state index contributed by atoms with van der Waals surface area (Å²) < 4.78 is 6.20. The van der Waals surface area contributed by atoms with Gasteiger partial charge < -0.3 is 14.4 Å². The predicted octanol–water partition coefficient (Wildman–Crippen LogP) is 9.84. The van der Waals surface area contributed by atoms with Crippen LogP contribution >= 0.6 is 0 Å². The van der Waals surface area contributed by atoms with Crippen LogP contribution < -0.4 is 0 Å². The quantitative estimate of drug-likeness (QED) is 0.167. The molecule has 0 bridgehead atoms. The van der Waals surface area contributed by atoms with E-state index in [-0.39, 0.29) is 20.1 Å². The number of furan rings is 1. The molecule has 6 heteroatoms. The molecule has 0 spiro atoms. The Bertz CT molecular complexity index is 2280. The maximum Gasteiger partial charge on any atom is 0.216 e. The summed E-state index contributed by atoms with van der Waals surface area (Å²) >= 11 is 0. The van der Waals surface area contributed by atoms with Crippen molar-refractivity contribution in [2.75, 3.05) is 0 Å². The fraction of sp³-hybridized carbons (Fsp3) is 0.100. The molecule has 5 aromatic heterocycles. The summed E-state index contributed by atoms with van der Waals surface area (Å²) in [5.41, 5.74) is 12.7. The molecule has 0 atom stereocenters. The van der Waals surface area contributed by atoms with Gasteiger partial charge in [-0.05, 0) is 97.7 Å². The van der Waals surface area contributed by atoms with Gasteiger partial charge in [-0.15, -0.1) is 54.1 Å². The number of aryl methyl sites for hydroxylation is 4. The van der Waals surface area contributed by atoms with Crippen LogP contribution in [0.5, 0.6) is 0 Å². The molecule has 0 aliphatic heterocycles. The van der Waals surface area contributed by atoms with Crippen LogP contribution in [-0.4, -0.2) is 19.9 Å². The second kappa shape index (κ2) is 13.1. The van der Waals surface area contributed by atoms with Crippen molar-refractivity contribution in [3.05, 3.63) is 144 Å². The number of hydrogen-bond acceptors (Lipinski definition) is 5. The summed E-state index contributed by atoms with van der Waals surface area (Å²) in [6, 6.07) is 38.9. The van der Waals surface area contributed by atoms with E-state index in [9.17, 15) is 0 Å². The van der Waals surface area contributed by atoms with Gasteiger partial charge in [0.1, 0.15) is 0 Å². The van der Waals surface area contributed by atoms with E-state index in [0.29, 0.717) is 5.71 Å². The fourth-order valence-corrected chi connectivity index (χ4v) is 5.60. The third kappa shape index (κ3) is 6.10. The predicted molar refractivity (Wildman–Crippen MR) is 182 cm³/mol. The number of benzene rings is 3. The first-order valence-electron chi connectivity index (χ1n) is 14.9. The molecule has 1 radical (unpaired) electrons. The van der Waals surface area contributed by atoms with Crippen LogP contribution in [0.15, 0.2) is 114 Å². The van der Waals surface area contributed by atoms with Crippen molar-refractivity contribution in [3.63, 3.8) is 0 Å². The Kier molecular flexibility index (Phi) is 8.85. The molecule has 8 aromatic rings. The van der Waals surface area contributed by atoms with Gasteiger partial charge in [-0.2, -0.15) is 0 Å². The maximum atomic E-state index is 6.20. The number of aromatic nitrogens is 4. The Morgan fingerprint density at radius 1 is 0.630 bits per heavy atom. The van der Waals surface area contributed by atoms with Crippen molar-refractivity contribution in [1.82, 2.24) is 19.9 Å². The largest absolute Gasteiger partial charge is 0.486 e. The molecule has 0 amide bonds. The van der Waals surface area contributed by atoms with Crippen molar-refractivity contribution in [2.24, 2.45) is 0 Å². The van der Waals surface area contributed by atoms with E-state index in [1.807, 2.05) is 80.7 Å². The third-order valence-electron chi connectivity index (χ3n) is 7.91. The summed E-state index contributed by atoms with van der Waals surface area (Å²) in [6.45, 7) is 8.23. The Labute approximate surface area is 281 Å². The van der Waals surface area contributed by atoms with Gasteiger partial charge in [-0.3, -0.25) is 4.98 Å². The van der Waals surface area contributed by atoms with E-state index >= 15 is 0 Å². The van der Waals surface area contributed by atoms with Gasteiger partial charge in [0, 0.05) is 54.7 Å². The Morgan fingerprint density at radius 3 is 2.24 bits per heavy atom. The first-order chi connectivity index (χ1) is 21.9. The second-order valence-corrected chi connectivity index (χ2v) is 11.2. The van der Waals surface area contributed by atoms with Crippen LogP contribution in [0.3, 0.4) is 0 Å². The number of nitrogens with zero attached hydrogens (tertiary/aromatic N) is 4. The molecule has 0 fully saturated rings. The molecule has 0 unspecified atom stereocenters. The van der Waals surface area contributed by atoms with Gasteiger partial charge >= 0.3 is 0 Å². The number of pyridine rings is 4. The summed E-state index contributed by atoms with van der Waals surface area (Å²) in [6.07, 6.45) is 3.72. The first-order valence-corrected chi connectivity index (χ1v) is 14.9. The van der Waals surface area contributed by atoms with Gasteiger partial charge in [0.05, 0.1) is 11.1 Å². The molecule has 0 saturated carbocycles. The summed E-state index contributed by atoms with van der Waals surface area (Å²) in [7, 11) is 0. The molecular weight excluding hydrogens is 745 g/mol. The maximum absolute atomic E-state index is 6.20. The van der Waals surface area contributed by atoms with E-state index in [1.54, 1.807) is 6.20 Å². The van der Waals surface area contributed by atoms with Crippen molar-refractivity contribution in [2.45, 2.75) is 27.7 Å². The molecule has 5 heterocycles. The normalized spacial score (nSPS) is 10.9. The minimum atomic E-state index is 0. The smallest absolute Gasteiger partial charge is 0.216 e. The van der Waals surface area contributed by atoms with Crippen LogP contribution in [0, 0.1) is 39.8 Å². The van der Waals surface area contributed by atoms with Crippen molar-refractivity contribution in [1.29, 1.82) is 0 Å². The van der Waals surface area contributed by atoms with E-state index in [0.717, 1.165) is 72.3 Å². The third-order valence-corrected chi connectivity index (χ3v) is 7.91. The fourth-order valence-electron chi connectivity index (χ4n) is 5.60. The molecule has 8 rings (SSSR count). The standard InChI is InChI=1S/C29H22N3O.C11H8N.Ir/c1-16-12-26-20(10-8-18(3)31-26)13-24(16)25-14-27(30-15-17(25)2)23-7-5-6-21-22-11-9-19(4)32-29(22)33-28(21)23;1-2-6-10(7-3-1)11-8-4-5-9-12-11;/h5-6,8-15H,1-4H3;1-6,8-9H;/q2*-1;. The molecule has 5 nitrogen and oxygen atoms in total. The summed E-state index contributed by atoms with van der Waals surface area (Å²) in [5.74, 6) is 0. The zero-order valence-electron chi connectivity index (χ0n) is 25.9. The van der Waals surface area contributed by atoms with Crippen molar-refractivity contribution >= 4 is 33.0 Å². The zero-order chi connectivity index (χ0) is 30.9. The minimum absolute atomic E-state index is 0. The Hall–Kier alpha value is -5.03. The van der Waals surface area contributed by atoms with Crippen LogP contribution in [-0.2, 0) is 20.1 Å².